The van der Waals surface area contributed by atoms with Crippen LogP contribution in [0.5, 0.6) is 0 Å². The normalized spacial score (nSPS) is 10.6. The molecule has 0 heterocycles. The average molecular weight is 773 g/mol. The van der Waals surface area contributed by atoms with Crippen LogP contribution in [0, 0.1) is 38.0 Å². The zero-order valence-corrected chi connectivity index (χ0v) is 39.3. The van der Waals surface area contributed by atoms with E-state index in [1.807, 2.05) is 110 Å². The molecule has 1 aliphatic carbocycles. The number of ether oxygens (including phenoxy) is 1. The Morgan fingerprint density at radius 1 is 0.574 bits per heavy atom. The lowest BCUT2D eigenvalue weighted by Gasteiger charge is -2.28. The van der Waals surface area contributed by atoms with Gasteiger partial charge in [0.05, 0.1) is 0 Å². The molecule has 1 aliphatic rings. The molecule has 0 radical (unpaired) electrons. The largest absolute Gasteiger partial charge is 0.388 e. The van der Waals surface area contributed by atoms with Crippen molar-refractivity contribution < 1.29 is 4.74 Å². The smallest absolute Gasteiger partial charge is 0.0351 e. The van der Waals surface area contributed by atoms with E-state index in [0.29, 0.717) is 5.41 Å². The van der Waals surface area contributed by atoms with Crippen molar-refractivity contribution in [2.75, 3.05) is 69.0 Å². The maximum Gasteiger partial charge on any atom is 0.0351 e. The van der Waals surface area contributed by atoms with Crippen LogP contribution in [0.1, 0.15) is 125 Å². The molecule has 0 aliphatic heterocycles. The zero-order chi connectivity index (χ0) is 41.8. The predicted octanol–water partition coefficient (Wildman–Crippen LogP) is 15.3. The molecule has 4 heteroatoms. The van der Waals surface area contributed by atoms with Crippen molar-refractivity contribution in [1.29, 1.82) is 0 Å². The highest BCUT2D eigenvalue weighted by molar-refractivity contribution is 7.97. The Morgan fingerprint density at radius 2 is 0.796 bits per heavy atom. The van der Waals surface area contributed by atoms with Crippen molar-refractivity contribution in [3.05, 3.63) is 95.6 Å². The summed E-state index contributed by atoms with van der Waals surface area (Å²) in [7, 11) is 15.2. The Bertz CT molecular complexity index is 1020. The summed E-state index contributed by atoms with van der Waals surface area (Å²) in [6.45, 7) is 23.0. The van der Waals surface area contributed by atoms with Gasteiger partial charge in [0.1, 0.15) is 0 Å². The molecule has 0 atom stereocenters. The predicted molar refractivity (Wildman–Crippen MR) is 261 cm³/mol. The Hall–Kier alpha value is -2.55. The molecule has 4 rings (SSSR count). The van der Waals surface area contributed by atoms with Crippen molar-refractivity contribution in [3.8, 4) is 23.0 Å². The van der Waals surface area contributed by atoms with E-state index in [2.05, 4.69) is 126 Å². The Kier molecular flexibility index (Phi) is 70.4. The maximum atomic E-state index is 4.25. The van der Waals surface area contributed by atoms with Crippen molar-refractivity contribution in [3.63, 3.8) is 0 Å². The molecule has 0 amide bonds. The monoisotopic (exact) mass is 773 g/mol. The van der Waals surface area contributed by atoms with Gasteiger partial charge in [-0.1, -0.05) is 178 Å². The first-order chi connectivity index (χ1) is 24.5. The molecule has 318 valence electrons. The number of benzene rings is 3. The molecule has 3 nitrogen and oxygen atoms in total. The lowest BCUT2D eigenvalue weighted by Crippen LogP contribution is -2.14. The van der Waals surface area contributed by atoms with Gasteiger partial charge in [-0.25, -0.2) is 0 Å². The highest BCUT2D eigenvalue weighted by Crippen LogP contribution is 2.34. The number of hydrogen-bond donors (Lipinski definition) is 0. The summed E-state index contributed by atoms with van der Waals surface area (Å²) < 4.78 is 4.25. The fourth-order valence-corrected chi connectivity index (χ4v) is 3.54. The standard InChI is InChI=1S/C14H14.C8H16.C7H8.C4H6.2C3H9N.C3H8.C2H6O.C2H6S.C2H6.2CH4/c1-11-3-7-13(8-4-11)14-9-5-12(2)6-10-14;1-8(2)6-4-3-5-7-8;1-7-5-3-2-4-6-7;1-3-4-2;2*1-4(2)3;3*1-3-2;1-2;;/h3-10H,1-2H3;3-7H2,1-2H3;2-6H,1H3;1-2H3;2*1-3H3;3H2,1-2H3;2*1-2H3;1-2H3;2*1H4. The fourth-order valence-electron chi connectivity index (χ4n) is 3.54. The van der Waals surface area contributed by atoms with Crippen LogP contribution in [0.2, 0.25) is 0 Å². The van der Waals surface area contributed by atoms with E-state index < -0.39 is 0 Å². The topological polar surface area (TPSA) is 15.7 Å². The van der Waals surface area contributed by atoms with Gasteiger partial charge in [-0.05, 0) is 119 Å². The summed E-state index contributed by atoms with van der Waals surface area (Å²) >= 11 is 1.75. The van der Waals surface area contributed by atoms with E-state index >= 15 is 0 Å². The first kappa shape index (κ1) is 69.4. The number of thioether (sulfide) groups is 1. The second-order valence-electron chi connectivity index (χ2n) is 13.8. The Balaban J connectivity index is -0.0000000778. The van der Waals surface area contributed by atoms with E-state index in [4.69, 9.17) is 0 Å². The highest BCUT2D eigenvalue weighted by atomic mass is 32.2. The highest BCUT2D eigenvalue weighted by Gasteiger charge is 2.19. The summed E-state index contributed by atoms with van der Waals surface area (Å²) in [5.41, 5.74) is 7.19. The molecular formula is C50H96N2OS. The van der Waals surface area contributed by atoms with Gasteiger partial charge in [0.2, 0.25) is 0 Å². The van der Waals surface area contributed by atoms with Gasteiger partial charge in [0.25, 0.3) is 0 Å². The van der Waals surface area contributed by atoms with Gasteiger partial charge < -0.3 is 14.5 Å². The van der Waals surface area contributed by atoms with Crippen LogP contribution < -0.4 is 0 Å². The van der Waals surface area contributed by atoms with Crippen LogP contribution in [0.15, 0.2) is 78.9 Å². The third kappa shape index (κ3) is 70.9. The van der Waals surface area contributed by atoms with Crippen molar-refractivity contribution in [2.45, 2.75) is 130 Å². The third-order valence-electron chi connectivity index (χ3n) is 5.83. The first-order valence-corrected chi connectivity index (χ1v) is 20.6. The van der Waals surface area contributed by atoms with Gasteiger partial charge in [-0.3, -0.25) is 0 Å². The van der Waals surface area contributed by atoms with Gasteiger partial charge in [0.15, 0.2) is 0 Å². The molecule has 0 bridgehead atoms. The number of aryl methyl sites for hydroxylation is 3. The number of rotatable bonds is 1. The summed E-state index contributed by atoms with van der Waals surface area (Å²) in [4.78, 5) is 4.00. The average Bonchev–Trinajstić information content (AvgIpc) is 3.08. The SMILES string of the molecule is C.C.CC.CC#CC.CC1(C)CCCCC1.CCC.CN(C)C.CN(C)C.COC.CSC.Cc1ccc(-c2ccc(C)cc2)cc1.Cc1ccccc1. The molecule has 1 saturated carbocycles. The van der Waals surface area contributed by atoms with E-state index in [-0.39, 0.29) is 14.9 Å². The summed E-state index contributed by atoms with van der Waals surface area (Å²) in [5, 5.41) is 0. The summed E-state index contributed by atoms with van der Waals surface area (Å²) in [5.74, 6) is 5.36. The molecule has 0 unspecified atom stereocenters. The van der Waals surface area contributed by atoms with Gasteiger partial charge >= 0.3 is 0 Å². The van der Waals surface area contributed by atoms with E-state index in [1.165, 1.54) is 66.3 Å². The molecule has 54 heavy (non-hydrogen) atoms. The minimum absolute atomic E-state index is 0. The lowest BCUT2D eigenvalue weighted by molar-refractivity contribution is 0.244. The van der Waals surface area contributed by atoms with Crippen molar-refractivity contribution >= 4 is 11.8 Å². The number of hydrogen-bond acceptors (Lipinski definition) is 4. The van der Waals surface area contributed by atoms with Crippen molar-refractivity contribution in [2.24, 2.45) is 5.41 Å². The van der Waals surface area contributed by atoms with Crippen molar-refractivity contribution in [1.82, 2.24) is 9.80 Å². The molecule has 0 spiro atoms. The number of methoxy groups -OCH3 is 1. The maximum absolute atomic E-state index is 4.25. The third-order valence-corrected chi connectivity index (χ3v) is 5.83. The van der Waals surface area contributed by atoms with Crippen LogP contribution in [0.4, 0.5) is 0 Å². The quantitative estimate of drug-likeness (QED) is 0.229. The lowest BCUT2D eigenvalue weighted by atomic mass is 9.78. The van der Waals surface area contributed by atoms with Crippen LogP contribution in [-0.4, -0.2) is 78.8 Å². The van der Waals surface area contributed by atoms with Crippen LogP contribution in [0.3, 0.4) is 0 Å². The van der Waals surface area contributed by atoms with Crippen LogP contribution >= 0.6 is 11.8 Å². The summed E-state index contributed by atoms with van der Waals surface area (Å²) in [6, 6.07) is 27.5. The summed E-state index contributed by atoms with van der Waals surface area (Å²) in [6.07, 6.45) is 12.6. The molecule has 0 saturated heterocycles. The molecule has 0 N–H and O–H groups in total. The molecule has 0 aromatic heterocycles. The van der Waals surface area contributed by atoms with Gasteiger partial charge in [-0.15, -0.1) is 11.8 Å². The Morgan fingerprint density at radius 3 is 0.944 bits per heavy atom. The van der Waals surface area contributed by atoms with Crippen LogP contribution in [0.25, 0.3) is 11.1 Å². The minimum atomic E-state index is 0. The minimum Gasteiger partial charge on any atom is -0.388 e. The molecule has 1 fully saturated rings. The van der Waals surface area contributed by atoms with E-state index in [0.717, 1.165) is 0 Å². The van der Waals surface area contributed by atoms with Gasteiger partial charge in [0, 0.05) is 14.2 Å². The van der Waals surface area contributed by atoms with E-state index in [1.54, 1.807) is 26.0 Å². The molecule has 3 aromatic carbocycles. The number of nitrogens with zero attached hydrogens (tertiary/aromatic N) is 2. The van der Waals surface area contributed by atoms with E-state index in [9.17, 15) is 0 Å². The van der Waals surface area contributed by atoms with Crippen LogP contribution in [-0.2, 0) is 4.74 Å². The molecular weight excluding hydrogens is 677 g/mol. The first-order valence-electron chi connectivity index (χ1n) is 19.0. The zero-order valence-electron chi connectivity index (χ0n) is 38.5. The second-order valence-corrected chi connectivity index (χ2v) is 14.6. The second kappa shape index (κ2) is 54.8. The Labute approximate surface area is 347 Å². The fraction of sp³-hybridized carbons (Fsp3) is 0.600. The molecule has 3 aromatic rings. The van der Waals surface area contributed by atoms with Gasteiger partial charge in [-0.2, -0.15) is 11.8 Å².